The summed E-state index contributed by atoms with van der Waals surface area (Å²) in [5.74, 6) is 0. The number of allylic oxidation sites excluding steroid dienone is 6. The predicted molar refractivity (Wildman–Crippen MR) is 66.6 cm³/mol. The molecule has 0 radical (unpaired) electrons. The molecule has 0 heterocycles. The summed E-state index contributed by atoms with van der Waals surface area (Å²) in [4.78, 5) is 11.0. The number of carbonyl (C=O) groups is 1. The summed E-state index contributed by atoms with van der Waals surface area (Å²) in [6, 6.07) is 6.14. The summed E-state index contributed by atoms with van der Waals surface area (Å²) in [7, 11) is 0. The SMILES string of the molecule is O=CC1=Cc2cccc3c2C1=CC=CC=C3. The average molecular weight is 206 g/mol. The van der Waals surface area contributed by atoms with E-state index < -0.39 is 0 Å². The van der Waals surface area contributed by atoms with Gasteiger partial charge in [0, 0.05) is 5.57 Å². The van der Waals surface area contributed by atoms with Crippen molar-refractivity contribution >= 4 is 24.0 Å². The second-order valence-corrected chi connectivity index (χ2v) is 3.85. The van der Waals surface area contributed by atoms with Crippen molar-refractivity contribution in [2.24, 2.45) is 0 Å². The molecule has 0 spiro atoms. The molecule has 0 N–H and O–H groups in total. The molecular weight excluding hydrogens is 196 g/mol. The first-order valence-corrected chi connectivity index (χ1v) is 5.26. The Kier molecular flexibility index (Phi) is 1.97. The van der Waals surface area contributed by atoms with Crippen molar-refractivity contribution in [1.29, 1.82) is 0 Å². The van der Waals surface area contributed by atoms with Crippen LogP contribution in [0.15, 0.2) is 48.1 Å². The van der Waals surface area contributed by atoms with E-state index in [0.717, 1.165) is 23.0 Å². The number of rotatable bonds is 1. The Morgan fingerprint density at radius 3 is 2.75 bits per heavy atom. The molecule has 0 atom stereocenters. The lowest BCUT2D eigenvalue weighted by Crippen LogP contribution is -1.90. The van der Waals surface area contributed by atoms with E-state index in [1.807, 2.05) is 42.5 Å². The number of benzene rings is 1. The summed E-state index contributed by atoms with van der Waals surface area (Å²) < 4.78 is 0. The summed E-state index contributed by atoms with van der Waals surface area (Å²) in [6.07, 6.45) is 12.9. The van der Waals surface area contributed by atoms with Gasteiger partial charge in [-0.1, -0.05) is 48.6 Å². The molecule has 1 heteroatoms. The van der Waals surface area contributed by atoms with Crippen molar-refractivity contribution in [3.63, 3.8) is 0 Å². The Morgan fingerprint density at radius 1 is 1.00 bits per heavy atom. The van der Waals surface area contributed by atoms with E-state index in [9.17, 15) is 4.79 Å². The van der Waals surface area contributed by atoms with Crippen LogP contribution in [0.4, 0.5) is 0 Å². The third kappa shape index (κ3) is 1.22. The van der Waals surface area contributed by atoms with E-state index in [1.165, 1.54) is 11.1 Å². The molecule has 0 fully saturated rings. The van der Waals surface area contributed by atoms with Gasteiger partial charge in [0.2, 0.25) is 0 Å². The minimum atomic E-state index is 0.766. The second-order valence-electron chi connectivity index (χ2n) is 3.85. The molecule has 0 saturated heterocycles. The zero-order valence-corrected chi connectivity index (χ0v) is 8.68. The average Bonchev–Trinajstić information content (AvgIpc) is 2.63. The molecule has 2 aliphatic carbocycles. The van der Waals surface area contributed by atoms with Gasteiger partial charge >= 0.3 is 0 Å². The van der Waals surface area contributed by atoms with Crippen molar-refractivity contribution in [1.82, 2.24) is 0 Å². The first kappa shape index (κ1) is 9.10. The maximum atomic E-state index is 11.0. The van der Waals surface area contributed by atoms with Crippen LogP contribution in [-0.4, -0.2) is 6.29 Å². The highest BCUT2D eigenvalue weighted by molar-refractivity contribution is 6.11. The number of carbonyl (C=O) groups excluding carboxylic acids is 1. The van der Waals surface area contributed by atoms with Crippen LogP contribution < -0.4 is 0 Å². The molecule has 76 valence electrons. The zero-order chi connectivity index (χ0) is 11.0. The van der Waals surface area contributed by atoms with Gasteiger partial charge in [0.05, 0.1) is 0 Å². The molecule has 3 rings (SSSR count). The van der Waals surface area contributed by atoms with Gasteiger partial charge in [0.1, 0.15) is 0 Å². The Hall–Kier alpha value is -2.15. The number of aldehydes is 1. The lowest BCUT2D eigenvalue weighted by molar-refractivity contribution is -0.104. The smallest absolute Gasteiger partial charge is 0.150 e. The lowest BCUT2D eigenvalue weighted by Gasteiger charge is -2.08. The van der Waals surface area contributed by atoms with Crippen LogP contribution in [0, 0.1) is 0 Å². The molecular formula is C15H10O. The summed E-state index contributed by atoms with van der Waals surface area (Å²) in [5, 5.41) is 0. The Bertz CT molecular complexity index is 583. The van der Waals surface area contributed by atoms with Crippen LogP contribution in [0.1, 0.15) is 16.7 Å². The van der Waals surface area contributed by atoms with E-state index >= 15 is 0 Å². The first-order chi connectivity index (χ1) is 7.90. The van der Waals surface area contributed by atoms with Crippen LogP contribution in [0.5, 0.6) is 0 Å². The molecule has 1 aromatic carbocycles. The highest BCUT2D eigenvalue weighted by atomic mass is 16.1. The Morgan fingerprint density at radius 2 is 1.88 bits per heavy atom. The summed E-state index contributed by atoms with van der Waals surface area (Å²) in [5.41, 5.74) is 5.26. The zero-order valence-electron chi connectivity index (χ0n) is 8.68. The normalized spacial score (nSPS) is 16.0. The second kappa shape index (κ2) is 3.46. The summed E-state index contributed by atoms with van der Waals surface area (Å²) >= 11 is 0. The van der Waals surface area contributed by atoms with Crippen LogP contribution in [0.3, 0.4) is 0 Å². The first-order valence-electron chi connectivity index (χ1n) is 5.26. The van der Waals surface area contributed by atoms with E-state index in [-0.39, 0.29) is 0 Å². The van der Waals surface area contributed by atoms with Crippen molar-refractivity contribution in [3.8, 4) is 0 Å². The molecule has 0 aromatic heterocycles. The van der Waals surface area contributed by atoms with Crippen molar-refractivity contribution in [2.75, 3.05) is 0 Å². The fourth-order valence-corrected chi connectivity index (χ4v) is 2.20. The molecule has 0 saturated carbocycles. The van der Waals surface area contributed by atoms with Gasteiger partial charge in [-0.25, -0.2) is 0 Å². The highest BCUT2D eigenvalue weighted by Crippen LogP contribution is 2.37. The van der Waals surface area contributed by atoms with E-state index in [1.54, 1.807) is 0 Å². The molecule has 0 unspecified atom stereocenters. The molecule has 2 aliphatic rings. The van der Waals surface area contributed by atoms with Gasteiger partial charge < -0.3 is 0 Å². The molecule has 1 nitrogen and oxygen atoms in total. The van der Waals surface area contributed by atoms with E-state index in [0.29, 0.717) is 0 Å². The maximum absolute atomic E-state index is 11.0. The topological polar surface area (TPSA) is 17.1 Å². The van der Waals surface area contributed by atoms with Gasteiger partial charge in [0.25, 0.3) is 0 Å². The van der Waals surface area contributed by atoms with Crippen molar-refractivity contribution in [2.45, 2.75) is 0 Å². The van der Waals surface area contributed by atoms with Gasteiger partial charge in [-0.3, -0.25) is 4.79 Å². The van der Waals surface area contributed by atoms with E-state index in [2.05, 4.69) is 12.1 Å². The largest absolute Gasteiger partial charge is 0.298 e. The molecule has 0 aliphatic heterocycles. The third-order valence-corrected chi connectivity index (χ3v) is 2.91. The van der Waals surface area contributed by atoms with Gasteiger partial charge in [-0.15, -0.1) is 0 Å². The lowest BCUT2D eigenvalue weighted by atomic mass is 9.95. The Labute approximate surface area is 94.1 Å². The quantitative estimate of drug-likeness (QED) is 0.644. The monoisotopic (exact) mass is 206 g/mol. The van der Waals surface area contributed by atoms with Crippen LogP contribution in [0.25, 0.3) is 17.7 Å². The minimum absolute atomic E-state index is 0.766. The van der Waals surface area contributed by atoms with Gasteiger partial charge in [-0.05, 0) is 28.3 Å². The molecule has 0 amide bonds. The predicted octanol–water partition coefficient (Wildman–Crippen LogP) is 3.25. The number of hydrogen-bond donors (Lipinski definition) is 0. The van der Waals surface area contributed by atoms with Gasteiger partial charge in [-0.2, -0.15) is 0 Å². The Balaban J connectivity index is 2.34. The van der Waals surface area contributed by atoms with Crippen LogP contribution in [-0.2, 0) is 4.79 Å². The minimum Gasteiger partial charge on any atom is -0.298 e. The maximum Gasteiger partial charge on any atom is 0.150 e. The van der Waals surface area contributed by atoms with Crippen LogP contribution in [0.2, 0.25) is 0 Å². The van der Waals surface area contributed by atoms with Crippen molar-refractivity contribution < 1.29 is 4.79 Å². The third-order valence-electron chi connectivity index (χ3n) is 2.91. The molecule has 0 bridgehead atoms. The standard InChI is InChI=1S/C15H10O/c16-10-13-9-12-7-4-6-11-5-2-1-3-8-14(13)15(11)12/h1-10H. The highest BCUT2D eigenvalue weighted by Gasteiger charge is 2.20. The fourth-order valence-electron chi connectivity index (χ4n) is 2.20. The molecule has 16 heavy (non-hydrogen) atoms. The number of hydrogen-bond acceptors (Lipinski definition) is 1. The fraction of sp³-hybridized carbons (Fsp3) is 0. The summed E-state index contributed by atoms with van der Waals surface area (Å²) in [6.45, 7) is 0. The molecule has 1 aromatic rings. The van der Waals surface area contributed by atoms with E-state index in [4.69, 9.17) is 0 Å². The van der Waals surface area contributed by atoms with Crippen molar-refractivity contribution in [3.05, 3.63) is 64.8 Å². The van der Waals surface area contributed by atoms with Gasteiger partial charge in [0.15, 0.2) is 6.29 Å². The van der Waals surface area contributed by atoms with Crippen LogP contribution >= 0.6 is 0 Å².